The van der Waals surface area contributed by atoms with E-state index in [1.54, 1.807) is 0 Å². The van der Waals surface area contributed by atoms with Gasteiger partial charge in [0.25, 0.3) is 0 Å². The highest BCUT2D eigenvalue weighted by molar-refractivity contribution is 4.59. The molecule has 0 aliphatic carbocycles. The van der Waals surface area contributed by atoms with Crippen LogP contribution >= 0.6 is 0 Å². The van der Waals surface area contributed by atoms with Crippen molar-refractivity contribution in [1.82, 2.24) is 5.32 Å². The van der Waals surface area contributed by atoms with E-state index in [4.69, 9.17) is 4.74 Å². The van der Waals surface area contributed by atoms with Crippen LogP contribution in [-0.4, -0.2) is 43.7 Å². The van der Waals surface area contributed by atoms with Gasteiger partial charge in [-0.15, -0.1) is 0 Å². The Morgan fingerprint density at radius 2 is 1.85 bits per heavy atom. The number of halogens is 3. The minimum Gasteiger partial charge on any atom is -0.389 e. The summed E-state index contributed by atoms with van der Waals surface area (Å²) in [6, 6.07) is 0. The molecule has 0 aromatic rings. The fourth-order valence-electron chi connectivity index (χ4n) is 1.75. The highest BCUT2D eigenvalue weighted by Crippen LogP contribution is 2.21. The summed E-state index contributed by atoms with van der Waals surface area (Å²) in [4.78, 5) is 0. The van der Waals surface area contributed by atoms with E-state index in [2.05, 4.69) is 12.2 Å². The minimum absolute atomic E-state index is 0.126. The van der Waals surface area contributed by atoms with E-state index >= 15 is 0 Å². The molecule has 0 amide bonds. The number of hydrogen-bond donors (Lipinski definition) is 2. The monoisotopic (exact) mass is 299 g/mol. The second-order valence-corrected chi connectivity index (χ2v) is 5.07. The summed E-state index contributed by atoms with van der Waals surface area (Å²) >= 11 is 0. The Morgan fingerprint density at radius 1 is 1.10 bits per heavy atom. The lowest BCUT2D eigenvalue weighted by molar-refractivity contribution is -0.135. The van der Waals surface area contributed by atoms with Crippen LogP contribution in [-0.2, 0) is 4.74 Å². The van der Waals surface area contributed by atoms with E-state index in [1.165, 1.54) is 12.8 Å². The molecular weight excluding hydrogens is 271 g/mol. The van der Waals surface area contributed by atoms with Crippen LogP contribution in [0.25, 0.3) is 0 Å². The molecule has 0 spiro atoms. The molecule has 0 heterocycles. The molecule has 0 fully saturated rings. The maximum absolute atomic E-state index is 11.9. The highest BCUT2D eigenvalue weighted by Gasteiger charge is 2.25. The Kier molecular flexibility index (Phi) is 12.2. The van der Waals surface area contributed by atoms with Crippen molar-refractivity contribution in [3.8, 4) is 0 Å². The smallest absolute Gasteiger partial charge is 0.389 e. The molecule has 0 aromatic heterocycles. The summed E-state index contributed by atoms with van der Waals surface area (Å²) < 4.78 is 40.9. The van der Waals surface area contributed by atoms with Gasteiger partial charge in [-0.05, 0) is 25.8 Å². The molecule has 1 atom stereocenters. The zero-order valence-corrected chi connectivity index (χ0v) is 12.3. The molecular formula is C14H28F3NO2. The van der Waals surface area contributed by atoms with Gasteiger partial charge in [0.1, 0.15) is 0 Å². The third-order valence-electron chi connectivity index (χ3n) is 2.90. The van der Waals surface area contributed by atoms with Crippen molar-refractivity contribution in [1.29, 1.82) is 0 Å². The van der Waals surface area contributed by atoms with Crippen LogP contribution < -0.4 is 5.32 Å². The minimum atomic E-state index is -4.06. The maximum Gasteiger partial charge on any atom is 0.389 e. The van der Waals surface area contributed by atoms with E-state index < -0.39 is 18.7 Å². The van der Waals surface area contributed by atoms with Gasteiger partial charge in [-0.2, -0.15) is 13.2 Å². The second-order valence-electron chi connectivity index (χ2n) is 5.07. The van der Waals surface area contributed by atoms with Gasteiger partial charge >= 0.3 is 6.18 Å². The SMILES string of the molecule is CCCCCCOCC(O)CNCCCCC(F)(F)F. The Bertz CT molecular complexity index is 213. The van der Waals surface area contributed by atoms with Gasteiger partial charge in [-0.25, -0.2) is 0 Å². The summed E-state index contributed by atoms with van der Waals surface area (Å²) in [5.74, 6) is 0. The van der Waals surface area contributed by atoms with Crippen molar-refractivity contribution in [2.75, 3.05) is 26.3 Å². The zero-order valence-electron chi connectivity index (χ0n) is 12.3. The molecule has 1 unspecified atom stereocenters. The predicted molar refractivity (Wildman–Crippen MR) is 73.7 cm³/mol. The zero-order chi connectivity index (χ0) is 15.3. The molecule has 0 radical (unpaired) electrons. The number of ether oxygens (including phenoxy) is 1. The first-order valence-electron chi connectivity index (χ1n) is 7.49. The second kappa shape index (κ2) is 12.4. The lowest BCUT2D eigenvalue weighted by Crippen LogP contribution is -2.31. The van der Waals surface area contributed by atoms with Crippen LogP contribution in [0.15, 0.2) is 0 Å². The van der Waals surface area contributed by atoms with E-state index in [0.29, 0.717) is 26.1 Å². The maximum atomic E-state index is 11.9. The summed E-state index contributed by atoms with van der Waals surface area (Å²) in [5.41, 5.74) is 0. The number of aliphatic hydroxyl groups is 1. The molecule has 20 heavy (non-hydrogen) atoms. The standard InChI is InChI=1S/C14H28F3NO2/c1-2-3-4-7-10-20-12-13(19)11-18-9-6-5-8-14(15,16)17/h13,18-19H,2-12H2,1H3. The third-order valence-corrected chi connectivity index (χ3v) is 2.90. The first-order valence-corrected chi connectivity index (χ1v) is 7.49. The van der Waals surface area contributed by atoms with Crippen LogP contribution in [0, 0.1) is 0 Å². The molecule has 0 rings (SSSR count). The van der Waals surface area contributed by atoms with Gasteiger partial charge in [0.15, 0.2) is 0 Å². The van der Waals surface area contributed by atoms with E-state index in [1.807, 2.05) is 0 Å². The van der Waals surface area contributed by atoms with Crippen LogP contribution in [0.4, 0.5) is 13.2 Å². The van der Waals surface area contributed by atoms with Crippen molar-refractivity contribution >= 4 is 0 Å². The Balaban J connectivity index is 3.22. The summed E-state index contributed by atoms with van der Waals surface area (Å²) in [6.45, 7) is 3.93. The fourth-order valence-corrected chi connectivity index (χ4v) is 1.75. The summed E-state index contributed by atoms with van der Waals surface area (Å²) in [7, 11) is 0. The Hall–Kier alpha value is -0.330. The molecule has 0 aliphatic heterocycles. The molecule has 0 bridgehead atoms. The van der Waals surface area contributed by atoms with E-state index in [9.17, 15) is 18.3 Å². The number of aliphatic hydroxyl groups excluding tert-OH is 1. The molecule has 122 valence electrons. The van der Waals surface area contributed by atoms with Gasteiger partial charge < -0.3 is 15.2 Å². The number of unbranched alkanes of at least 4 members (excludes halogenated alkanes) is 4. The number of rotatable bonds is 13. The molecule has 0 saturated heterocycles. The average Bonchev–Trinajstić information content (AvgIpc) is 2.36. The summed E-state index contributed by atoms with van der Waals surface area (Å²) in [5, 5.41) is 12.5. The molecule has 3 nitrogen and oxygen atoms in total. The molecule has 0 saturated carbocycles. The number of alkyl halides is 3. The van der Waals surface area contributed by atoms with Crippen molar-refractivity contribution in [3.63, 3.8) is 0 Å². The van der Waals surface area contributed by atoms with Crippen molar-refractivity contribution in [2.45, 2.75) is 64.1 Å². The van der Waals surface area contributed by atoms with E-state index in [0.717, 1.165) is 12.8 Å². The summed E-state index contributed by atoms with van der Waals surface area (Å²) in [6.07, 6.45) is -0.279. The van der Waals surface area contributed by atoms with Crippen LogP contribution in [0.1, 0.15) is 51.9 Å². The van der Waals surface area contributed by atoms with Crippen LogP contribution in [0.2, 0.25) is 0 Å². The number of hydrogen-bond acceptors (Lipinski definition) is 3. The average molecular weight is 299 g/mol. The van der Waals surface area contributed by atoms with E-state index in [-0.39, 0.29) is 13.0 Å². The third kappa shape index (κ3) is 15.7. The van der Waals surface area contributed by atoms with Crippen molar-refractivity contribution in [3.05, 3.63) is 0 Å². The fraction of sp³-hybridized carbons (Fsp3) is 1.00. The molecule has 2 N–H and O–H groups in total. The molecule has 6 heteroatoms. The van der Waals surface area contributed by atoms with Gasteiger partial charge in [-0.3, -0.25) is 0 Å². The van der Waals surface area contributed by atoms with Crippen LogP contribution in [0.3, 0.4) is 0 Å². The quantitative estimate of drug-likeness (QED) is 0.513. The Morgan fingerprint density at radius 3 is 2.50 bits per heavy atom. The van der Waals surface area contributed by atoms with Gasteiger partial charge in [-0.1, -0.05) is 26.2 Å². The first kappa shape index (κ1) is 19.7. The Labute approximate surface area is 119 Å². The molecule has 0 aromatic carbocycles. The van der Waals surface area contributed by atoms with Gasteiger partial charge in [0.2, 0.25) is 0 Å². The largest absolute Gasteiger partial charge is 0.389 e. The van der Waals surface area contributed by atoms with Crippen molar-refractivity contribution < 1.29 is 23.0 Å². The normalized spacial score (nSPS) is 13.7. The highest BCUT2D eigenvalue weighted by atomic mass is 19.4. The first-order chi connectivity index (χ1) is 9.45. The van der Waals surface area contributed by atoms with Gasteiger partial charge in [0, 0.05) is 19.6 Å². The molecule has 0 aliphatic rings. The van der Waals surface area contributed by atoms with Crippen LogP contribution in [0.5, 0.6) is 0 Å². The van der Waals surface area contributed by atoms with Crippen molar-refractivity contribution in [2.24, 2.45) is 0 Å². The predicted octanol–water partition coefficient (Wildman–Crippen LogP) is 3.27. The topological polar surface area (TPSA) is 41.5 Å². The van der Waals surface area contributed by atoms with Gasteiger partial charge in [0.05, 0.1) is 12.7 Å². The number of nitrogens with one attached hydrogen (secondary N) is 1. The lowest BCUT2D eigenvalue weighted by atomic mass is 10.2. The lowest BCUT2D eigenvalue weighted by Gasteiger charge is -2.12.